The van der Waals surface area contributed by atoms with Crippen molar-refractivity contribution in [3.8, 4) is 11.5 Å². The van der Waals surface area contributed by atoms with Crippen LogP contribution in [-0.2, 0) is 4.79 Å². The molecule has 1 N–H and O–H groups in total. The van der Waals surface area contributed by atoms with Gasteiger partial charge < -0.3 is 14.8 Å². The molecular weight excluding hydrogens is 297 g/mol. The molecule has 23 heavy (non-hydrogen) atoms. The zero-order valence-electron chi connectivity index (χ0n) is 13.4. The van der Waals surface area contributed by atoms with E-state index in [-0.39, 0.29) is 17.8 Å². The van der Waals surface area contributed by atoms with Crippen molar-refractivity contribution in [3.05, 3.63) is 59.9 Å². The molecule has 0 aliphatic carbocycles. The Morgan fingerprint density at radius 2 is 1.57 bits per heavy atom. The zero-order valence-corrected chi connectivity index (χ0v) is 13.4. The van der Waals surface area contributed by atoms with Gasteiger partial charge in [-0.25, -0.2) is 4.39 Å². The van der Waals surface area contributed by atoms with Gasteiger partial charge in [-0.15, -0.1) is 0 Å². The summed E-state index contributed by atoms with van der Waals surface area (Å²) in [5, 5.41) is 2.85. The molecule has 0 fully saturated rings. The molecular formula is C18H20FNO3. The summed E-state index contributed by atoms with van der Waals surface area (Å²) in [6.45, 7) is 3.52. The molecule has 0 heterocycles. The van der Waals surface area contributed by atoms with E-state index in [2.05, 4.69) is 5.32 Å². The van der Waals surface area contributed by atoms with Gasteiger partial charge in [-0.1, -0.05) is 12.1 Å². The molecule has 2 atom stereocenters. The maximum atomic E-state index is 12.9. The fourth-order valence-electron chi connectivity index (χ4n) is 2.08. The van der Waals surface area contributed by atoms with Crippen molar-refractivity contribution in [3.63, 3.8) is 0 Å². The third-order valence-corrected chi connectivity index (χ3v) is 3.47. The molecule has 0 radical (unpaired) electrons. The lowest BCUT2D eigenvalue weighted by molar-refractivity contribution is -0.127. The maximum absolute atomic E-state index is 12.9. The minimum absolute atomic E-state index is 0.231. The number of hydrogen-bond acceptors (Lipinski definition) is 3. The molecule has 4 nitrogen and oxygen atoms in total. The Bertz CT molecular complexity index is 640. The van der Waals surface area contributed by atoms with Gasteiger partial charge in [0.1, 0.15) is 17.3 Å². The number of amides is 1. The van der Waals surface area contributed by atoms with E-state index in [9.17, 15) is 9.18 Å². The molecule has 2 aromatic carbocycles. The van der Waals surface area contributed by atoms with Gasteiger partial charge in [-0.05, 0) is 55.8 Å². The molecule has 0 aliphatic rings. The van der Waals surface area contributed by atoms with Crippen LogP contribution in [0.25, 0.3) is 0 Å². The van der Waals surface area contributed by atoms with Crippen LogP contribution in [0.15, 0.2) is 48.5 Å². The molecule has 0 aliphatic heterocycles. The van der Waals surface area contributed by atoms with E-state index >= 15 is 0 Å². The molecule has 0 saturated heterocycles. The van der Waals surface area contributed by atoms with Crippen LogP contribution in [0.1, 0.15) is 25.5 Å². The summed E-state index contributed by atoms with van der Waals surface area (Å²) in [5.41, 5.74) is 0.830. The summed E-state index contributed by atoms with van der Waals surface area (Å²) in [6.07, 6.45) is -0.647. The number of hydrogen-bond donors (Lipinski definition) is 1. The Labute approximate surface area is 135 Å². The quantitative estimate of drug-likeness (QED) is 0.887. The van der Waals surface area contributed by atoms with E-state index < -0.39 is 6.10 Å². The maximum Gasteiger partial charge on any atom is 0.261 e. The monoisotopic (exact) mass is 317 g/mol. The minimum Gasteiger partial charge on any atom is -0.497 e. The first-order valence-corrected chi connectivity index (χ1v) is 7.36. The number of benzene rings is 2. The van der Waals surface area contributed by atoms with Crippen molar-refractivity contribution in [1.82, 2.24) is 5.32 Å². The van der Waals surface area contributed by atoms with Crippen LogP contribution in [0.2, 0.25) is 0 Å². The van der Waals surface area contributed by atoms with Gasteiger partial charge in [0.15, 0.2) is 6.10 Å². The van der Waals surface area contributed by atoms with E-state index in [4.69, 9.17) is 9.47 Å². The Kier molecular flexibility index (Phi) is 5.57. The van der Waals surface area contributed by atoms with E-state index in [1.165, 1.54) is 12.1 Å². The normalized spacial score (nSPS) is 13.0. The van der Waals surface area contributed by atoms with Gasteiger partial charge >= 0.3 is 0 Å². The minimum atomic E-state index is -0.647. The van der Waals surface area contributed by atoms with Crippen molar-refractivity contribution in [2.24, 2.45) is 0 Å². The summed E-state index contributed by atoms with van der Waals surface area (Å²) < 4.78 is 23.6. The standard InChI is InChI=1S/C18H20FNO3/c1-12(14-4-6-15(19)7-5-14)20-18(21)13(2)23-17-10-8-16(22-3)9-11-17/h4-13H,1-3H3,(H,20,21)/t12-,13-/m0/s1. The third kappa shape index (κ3) is 4.71. The number of rotatable bonds is 6. The first kappa shape index (κ1) is 16.8. The smallest absolute Gasteiger partial charge is 0.261 e. The lowest BCUT2D eigenvalue weighted by Gasteiger charge is -2.19. The van der Waals surface area contributed by atoms with Crippen LogP contribution in [0.5, 0.6) is 11.5 Å². The van der Waals surface area contributed by atoms with E-state index in [1.807, 2.05) is 6.92 Å². The van der Waals surface area contributed by atoms with Crippen molar-refractivity contribution < 1.29 is 18.7 Å². The number of methoxy groups -OCH3 is 1. The molecule has 0 bridgehead atoms. The number of nitrogens with one attached hydrogen (secondary N) is 1. The van der Waals surface area contributed by atoms with Gasteiger partial charge in [0, 0.05) is 0 Å². The van der Waals surface area contributed by atoms with Crippen LogP contribution < -0.4 is 14.8 Å². The van der Waals surface area contributed by atoms with Gasteiger partial charge in [-0.2, -0.15) is 0 Å². The van der Waals surface area contributed by atoms with E-state index in [0.717, 1.165) is 11.3 Å². The molecule has 0 spiro atoms. The molecule has 0 saturated carbocycles. The topological polar surface area (TPSA) is 47.6 Å². The number of halogens is 1. The summed E-state index contributed by atoms with van der Waals surface area (Å²) in [5.74, 6) is 0.767. The zero-order chi connectivity index (χ0) is 16.8. The molecule has 2 rings (SSSR count). The Hall–Kier alpha value is -2.56. The van der Waals surface area contributed by atoms with Gasteiger partial charge in [-0.3, -0.25) is 4.79 Å². The Balaban J connectivity index is 1.92. The summed E-state index contributed by atoms with van der Waals surface area (Å²) in [4.78, 5) is 12.2. The second kappa shape index (κ2) is 7.63. The van der Waals surface area contributed by atoms with Crippen LogP contribution >= 0.6 is 0 Å². The average molecular weight is 317 g/mol. The number of carbonyl (C=O) groups excluding carboxylic acids is 1. The largest absolute Gasteiger partial charge is 0.497 e. The molecule has 0 aromatic heterocycles. The van der Waals surface area contributed by atoms with Gasteiger partial charge in [0.05, 0.1) is 13.2 Å². The molecule has 1 amide bonds. The lowest BCUT2D eigenvalue weighted by Crippen LogP contribution is -2.37. The Morgan fingerprint density at radius 1 is 1.00 bits per heavy atom. The van der Waals surface area contributed by atoms with Crippen LogP contribution in [0, 0.1) is 5.82 Å². The fourth-order valence-corrected chi connectivity index (χ4v) is 2.08. The van der Waals surface area contributed by atoms with Crippen LogP contribution in [0.3, 0.4) is 0 Å². The van der Waals surface area contributed by atoms with Crippen molar-refractivity contribution in [2.45, 2.75) is 26.0 Å². The summed E-state index contributed by atoms with van der Waals surface area (Å²) in [7, 11) is 1.59. The van der Waals surface area contributed by atoms with Crippen molar-refractivity contribution in [2.75, 3.05) is 7.11 Å². The summed E-state index contributed by atoms with van der Waals surface area (Å²) in [6, 6.07) is 12.8. The average Bonchev–Trinajstić information content (AvgIpc) is 2.56. The highest BCUT2D eigenvalue weighted by atomic mass is 19.1. The van der Waals surface area contributed by atoms with Crippen molar-refractivity contribution in [1.29, 1.82) is 0 Å². The number of ether oxygens (including phenoxy) is 2. The lowest BCUT2D eigenvalue weighted by atomic mass is 10.1. The third-order valence-electron chi connectivity index (χ3n) is 3.47. The second-order valence-corrected chi connectivity index (χ2v) is 5.22. The predicted molar refractivity (Wildman–Crippen MR) is 86.0 cm³/mol. The van der Waals surface area contributed by atoms with Crippen molar-refractivity contribution >= 4 is 5.91 Å². The highest BCUT2D eigenvalue weighted by Crippen LogP contribution is 2.19. The van der Waals surface area contributed by atoms with Crippen LogP contribution in [-0.4, -0.2) is 19.1 Å². The SMILES string of the molecule is COc1ccc(O[C@@H](C)C(=O)N[C@@H](C)c2ccc(F)cc2)cc1. The molecule has 2 aromatic rings. The summed E-state index contributed by atoms with van der Waals surface area (Å²) >= 11 is 0. The highest BCUT2D eigenvalue weighted by molar-refractivity contribution is 5.81. The molecule has 5 heteroatoms. The first-order chi connectivity index (χ1) is 11.0. The van der Waals surface area contributed by atoms with Gasteiger partial charge in [0.25, 0.3) is 5.91 Å². The Morgan fingerprint density at radius 3 is 2.13 bits per heavy atom. The van der Waals surface area contributed by atoms with Gasteiger partial charge in [0.2, 0.25) is 0 Å². The molecule has 0 unspecified atom stereocenters. The first-order valence-electron chi connectivity index (χ1n) is 7.36. The van der Waals surface area contributed by atoms with Crippen LogP contribution in [0.4, 0.5) is 4.39 Å². The second-order valence-electron chi connectivity index (χ2n) is 5.22. The predicted octanol–water partition coefficient (Wildman–Crippen LogP) is 3.48. The van der Waals surface area contributed by atoms with E-state index in [0.29, 0.717) is 5.75 Å². The van der Waals surface area contributed by atoms with E-state index in [1.54, 1.807) is 50.4 Å². The molecule has 122 valence electrons. The highest BCUT2D eigenvalue weighted by Gasteiger charge is 2.17. The number of carbonyl (C=O) groups is 1. The fraction of sp³-hybridized carbons (Fsp3) is 0.278.